The van der Waals surface area contributed by atoms with Crippen LogP contribution in [0.25, 0.3) is 0 Å². The summed E-state index contributed by atoms with van der Waals surface area (Å²) >= 11 is 0. The van der Waals surface area contributed by atoms with Crippen LogP contribution in [0.15, 0.2) is 0 Å². The number of methoxy groups -OCH3 is 1. The van der Waals surface area contributed by atoms with Crippen LogP contribution in [0.5, 0.6) is 0 Å². The van der Waals surface area contributed by atoms with E-state index < -0.39 is 10.0 Å². The summed E-state index contributed by atoms with van der Waals surface area (Å²) in [7, 11) is -1.52. The lowest BCUT2D eigenvalue weighted by Crippen LogP contribution is -2.56. The van der Waals surface area contributed by atoms with Crippen molar-refractivity contribution in [1.29, 1.82) is 0 Å². The van der Waals surface area contributed by atoms with Gasteiger partial charge in [-0.2, -0.15) is 4.31 Å². The van der Waals surface area contributed by atoms with Crippen LogP contribution in [0.4, 0.5) is 0 Å². The molecular weight excluding hydrogens is 204 g/mol. The summed E-state index contributed by atoms with van der Waals surface area (Å²) in [6.45, 7) is 4.41. The molecule has 0 radical (unpaired) electrons. The predicted molar refractivity (Wildman–Crippen MR) is 54.7 cm³/mol. The molecule has 1 heterocycles. The van der Waals surface area contributed by atoms with Crippen LogP contribution >= 0.6 is 0 Å². The first-order valence-electron chi connectivity index (χ1n) is 4.81. The second kappa shape index (κ2) is 5.06. The third-order valence-electron chi connectivity index (χ3n) is 2.42. The highest BCUT2D eigenvalue weighted by Gasteiger charge is 2.35. The lowest BCUT2D eigenvalue weighted by molar-refractivity contribution is 0.179. The van der Waals surface area contributed by atoms with Crippen LogP contribution in [-0.2, 0) is 14.8 Å². The first-order valence-corrected chi connectivity index (χ1v) is 6.31. The minimum Gasteiger partial charge on any atom is -0.383 e. The van der Waals surface area contributed by atoms with E-state index in [-0.39, 0.29) is 5.25 Å². The van der Waals surface area contributed by atoms with E-state index in [0.717, 1.165) is 0 Å². The van der Waals surface area contributed by atoms with Crippen LogP contribution in [0.3, 0.4) is 0 Å². The molecule has 6 heteroatoms. The maximum Gasteiger partial charge on any atom is 0.219 e. The van der Waals surface area contributed by atoms with Crippen molar-refractivity contribution in [1.82, 2.24) is 9.62 Å². The summed E-state index contributed by atoms with van der Waals surface area (Å²) in [5.41, 5.74) is 0. The Hall–Kier alpha value is -0.170. The van der Waals surface area contributed by atoms with Gasteiger partial charge in [-0.15, -0.1) is 0 Å². The number of nitrogens with one attached hydrogen (secondary N) is 1. The van der Waals surface area contributed by atoms with Crippen LogP contribution in [0.1, 0.15) is 6.92 Å². The third-order valence-corrected chi connectivity index (χ3v) is 4.76. The minimum absolute atomic E-state index is 0.237. The normalized spacial score (nSPS) is 18.5. The van der Waals surface area contributed by atoms with Gasteiger partial charge in [-0.1, -0.05) is 6.92 Å². The van der Waals surface area contributed by atoms with Crippen LogP contribution in [0, 0.1) is 0 Å². The maximum absolute atomic E-state index is 11.9. The Bertz CT molecular complexity index is 262. The van der Waals surface area contributed by atoms with E-state index in [4.69, 9.17) is 4.74 Å². The summed E-state index contributed by atoms with van der Waals surface area (Å²) in [5.74, 6) is 0. The fraction of sp³-hybridized carbons (Fsp3) is 1.00. The Balaban J connectivity index is 2.57. The highest BCUT2D eigenvalue weighted by Crippen LogP contribution is 2.12. The fourth-order valence-corrected chi connectivity index (χ4v) is 3.11. The molecule has 0 atom stereocenters. The zero-order chi connectivity index (χ0) is 10.6. The first kappa shape index (κ1) is 11.9. The smallest absolute Gasteiger partial charge is 0.219 e. The minimum atomic E-state index is -3.10. The van der Waals surface area contributed by atoms with Gasteiger partial charge in [0.25, 0.3) is 0 Å². The zero-order valence-corrected chi connectivity index (χ0v) is 9.51. The van der Waals surface area contributed by atoms with Gasteiger partial charge < -0.3 is 10.1 Å². The number of likely N-dealkylation sites (N-methyl/N-ethyl adjacent to an activating group) is 1. The SMILES string of the molecule is CCN(CCOC)S(=O)(=O)C1CNC1. The first-order chi connectivity index (χ1) is 6.62. The molecule has 0 amide bonds. The molecule has 14 heavy (non-hydrogen) atoms. The maximum atomic E-state index is 11.9. The van der Waals surface area contributed by atoms with Crippen molar-refractivity contribution in [2.75, 3.05) is 39.9 Å². The topological polar surface area (TPSA) is 58.6 Å². The zero-order valence-electron chi connectivity index (χ0n) is 8.69. The molecule has 1 rings (SSSR count). The summed E-state index contributed by atoms with van der Waals surface area (Å²) in [6, 6.07) is 0. The molecule has 0 spiro atoms. The highest BCUT2D eigenvalue weighted by molar-refractivity contribution is 7.89. The van der Waals surface area contributed by atoms with E-state index in [2.05, 4.69) is 5.32 Å². The average molecular weight is 222 g/mol. The fourth-order valence-electron chi connectivity index (χ4n) is 1.34. The third kappa shape index (κ3) is 2.44. The summed E-state index contributed by atoms with van der Waals surface area (Å²) < 4.78 is 30.1. The standard InChI is InChI=1S/C8H18N2O3S/c1-3-10(4-5-13-2)14(11,12)8-6-9-7-8/h8-9H,3-7H2,1-2H3. The molecule has 0 aliphatic carbocycles. The van der Waals surface area contributed by atoms with Gasteiger partial charge in [0, 0.05) is 33.3 Å². The van der Waals surface area contributed by atoms with Crippen molar-refractivity contribution >= 4 is 10.0 Å². The summed E-state index contributed by atoms with van der Waals surface area (Å²) in [5, 5.41) is 2.73. The molecule has 0 saturated carbocycles. The molecule has 1 aliphatic rings. The van der Waals surface area contributed by atoms with Crippen LogP contribution < -0.4 is 5.32 Å². The molecule has 1 N–H and O–H groups in total. The molecule has 84 valence electrons. The van der Waals surface area contributed by atoms with Crippen LogP contribution in [0.2, 0.25) is 0 Å². The number of rotatable bonds is 6. The van der Waals surface area contributed by atoms with Gasteiger partial charge in [0.15, 0.2) is 0 Å². The Kier molecular flexibility index (Phi) is 4.31. The van der Waals surface area contributed by atoms with Crippen LogP contribution in [-0.4, -0.2) is 57.9 Å². The van der Waals surface area contributed by atoms with Gasteiger partial charge in [0.05, 0.1) is 6.61 Å². The quantitative estimate of drug-likeness (QED) is 0.643. The average Bonchev–Trinajstić information content (AvgIpc) is 2.01. The molecule has 1 aliphatic heterocycles. The molecule has 0 aromatic rings. The molecule has 5 nitrogen and oxygen atoms in total. The van der Waals surface area contributed by atoms with E-state index >= 15 is 0 Å². The molecule has 0 unspecified atom stereocenters. The van der Waals surface area contributed by atoms with Gasteiger partial charge in [-0.25, -0.2) is 8.42 Å². The lowest BCUT2D eigenvalue weighted by Gasteiger charge is -2.32. The van der Waals surface area contributed by atoms with E-state index in [1.54, 1.807) is 7.11 Å². The highest BCUT2D eigenvalue weighted by atomic mass is 32.2. The Morgan fingerprint density at radius 1 is 1.50 bits per heavy atom. The monoisotopic (exact) mass is 222 g/mol. The van der Waals surface area contributed by atoms with Crippen molar-refractivity contribution in [2.45, 2.75) is 12.2 Å². The van der Waals surface area contributed by atoms with Crippen molar-refractivity contribution in [3.63, 3.8) is 0 Å². The second-order valence-corrected chi connectivity index (χ2v) is 5.52. The van der Waals surface area contributed by atoms with Gasteiger partial charge in [-0.3, -0.25) is 0 Å². The number of hydrogen-bond acceptors (Lipinski definition) is 4. The summed E-state index contributed by atoms with van der Waals surface area (Å²) in [6.07, 6.45) is 0. The Morgan fingerprint density at radius 3 is 2.50 bits per heavy atom. The molecule has 0 bridgehead atoms. The molecular formula is C8H18N2O3S. The molecule has 0 aromatic heterocycles. The largest absolute Gasteiger partial charge is 0.383 e. The van der Waals surface area contributed by atoms with Crippen molar-refractivity contribution in [3.05, 3.63) is 0 Å². The van der Waals surface area contributed by atoms with Gasteiger partial charge in [0.2, 0.25) is 10.0 Å². The van der Waals surface area contributed by atoms with Gasteiger partial charge in [-0.05, 0) is 0 Å². The van der Waals surface area contributed by atoms with E-state index in [0.29, 0.717) is 32.8 Å². The van der Waals surface area contributed by atoms with E-state index in [1.807, 2.05) is 6.92 Å². The second-order valence-electron chi connectivity index (χ2n) is 3.31. The Morgan fingerprint density at radius 2 is 2.14 bits per heavy atom. The number of hydrogen-bond donors (Lipinski definition) is 1. The van der Waals surface area contributed by atoms with Gasteiger partial charge in [0.1, 0.15) is 5.25 Å². The van der Waals surface area contributed by atoms with Crippen molar-refractivity contribution in [3.8, 4) is 0 Å². The number of nitrogens with zero attached hydrogens (tertiary/aromatic N) is 1. The summed E-state index contributed by atoms with van der Waals surface area (Å²) in [4.78, 5) is 0. The van der Waals surface area contributed by atoms with Crippen molar-refractivity contribution in [2.24, 2.45) is 0 Å². The molecule has 1 fully saturated rings. The molecule has 1 saturated heterocycles. The van der Waals surface area contributed by atoms with Crippen molar-refractivity contribution < 1.29 is 13.2 Å². The number of sulfonamides is 1. The Labute approximate surface area is 85.5 Å². The number of ether oxygens (including phenoxy) is 1. The van der Waals surface area contributed by atoms with Gasteiger partial charge >= 0.3 is 0 Å². The predicted octanol–water partition coefficient (Wildman–Crippen LogP) is -0.744. The van der Waals surface area contributed by atoms with E-state index in [1.165, 1.54) is 4.31 Å². The van der Waals surface area contributed by atoms with E-state index in [9.17, 15) is 8.42 Å². The lowest BCUT2D eigenvalue weighted by atomic mass is 10.3. The molecule has 0 aromatic carbocycles.